The van der Waals surface area contributed by atoms with Gasteiger partial charge in [0.2, 0.25) is 0 Å². The van der Waals surface area contributed by atoms with Crippen LogP contribution in [-0.2, 0) is 0 Å². The minimum atomic E-state index is 1.55. The van der Waals surface area contributed by atoms with Gasteiger partial charge in [-0.3, -0.25) is 4.99 Å². The highest BCUT2D eigenvalue weighted by atomic mass is 15.3. The number of nitrogens with zero attached hydrogens (tertiary/aromatic N) is 1. The quantitative estimate of drug-likeness (QED) is 0.382. The van der Waals surface area contributed by atoms with Crippen LogP contribution in [0.2, 0.25) is 0 Å². The lowest BCUT2D eigenvalue weighted by Crippen LogP contribution is -2.20. The molecule has 40 valence electrons. The molecule has 0 saturated carbocycles. The van der Waals surface area contributed by atoms with Crippen LogP contribution in [0.3, 0.4) is 0 Å². The summed E-state index contributed by atoms with van der Waals surface area (Å²) in [4.78, 5) is 3.44. The Morgan fingerprint density at radius 1 is 1.71 bits per heavy atom. The topological polar surface area (TPSA) is 36.4 Å². The number of rotatable bonds is 3. The molecule has 7 heavy (non-hydrogen) atoms. The van der Waals surface area contributed by atoms with E-state index in [2.05, 4.69) is 22.6 Å². The van der Waals surface area contributed by atoms with Gasteiger partial charge in [0.15, 0.2) is 0 Å². The maximum absolute atomic E-state index is 3.44. The Kier molecular flexibility index (Phi) is 4.56. The molecule has 0 aromatic carbocycles. The summed E-state index contributed by atoms with van der Waals surface area (Å²) in [6.45, 7) is 3.23. The highest BCUT2D eigenvalue weighted by molar-refractivity contribution is 5.25. The molecule has 0 unspecified atom stereocenters. The van der Waals surface area contributed by atoms with Crippen LogP contribution in [0.1, 0.15) is 0 Å². The van der Waals surface area contributed by atoms with Gasteiger partial charge in [-0.15, -0.1) is 0 Å². The molecule has 0 amide bonds. The Morgan fingerprint density at radius 3 is 2.86 bits per heavy atom. The molecule has 3 nitrogen and oxygen atoms in total. The fourth-order valence-corrected chi connectivity index (χ4v) is 0.173. The van der Waals surface area contributed by atoms with Crippen LogP contribution in [0.25, 0.3) is 0 Å². The van der Waals surface area contributed by atoms with Gasteiger partial charge in [0.1, 0.15) is 0 Å². The van der Waals surface area contributed by atoms with Crippen LogP contribution in [0.5, 0.6) is 0 Å². The standard InChI is InChI=1S/C4H9N3/c1-5-3-4-7-6-2/h3-4,6-7H,1H2,2H3/b4-3-. The summed E-state index contributed by atoms with van der Waals surface area (Å²) in [5.74, 6) is 0. The van der Waals surface area contributed by atoms with Crippen LogP contribution >= 0.6 is 0 Å². The molecule has 0 aliphatic carbocycles. The first-order valence-corrected chi connectivity index (χ1v) is 1.95. The zero-order valence-corrected chi connectivity index (χ0v) is 4.31. The first kappa shape index (κ1) is 6.17. The van der Waals surface area contributed by atoms with E-state index in [1.165, 1.54) is 0 Å². The predicted octanol–water partition coefficient (Wildman–Crippen LogP) is -0.118. The first-order chi connectivity index (χ1) is 3.41. The monoisotopic (exact) mass is 99.1 g/mol. The summed E-state index contributed by atoms with van der Waals surface area (Å²) in [5, 5.41) is 0. The Bertz CT molecular complexity index is 67.3. The lowest BCUT2D eigenvalue weighted by Gasteiger charge is -1.89. The third-order valence-electron chi connectivity index (χ3n) is 0.408. The van der Waals surface area contributed by atoms with E-state index in [1.807, 2.05) is 0 Å². The van der Waals surface area contributed by atoms with Crippen molar-refractivity contribution in [1.29, 1.82) is 0 Å². The first-order valence-electron chi connectivity index (χ1n) is 1.95. The summed E-state index contributed by atoms with van der Waals surface area (Å²) < 4.78 is 0. The van der Waals surface area contributed by atoms with Crippen molar-refractivity contribution in [1.82, 2.24) is 10.9 Å². The lowest BCUT2D eigenvalue weighted by molar-refractivity contribution is 0.729. The molecule has 0 atom stereocenters. The van der Waals surface area contributed by atoms with Gasteiger partial charge >= 0.3 is 0 Å². The summed E-state index contributed by atoms with van der Waals surface area (Å²) in [7, 11) is 1.77. The van der Waals surface area contributed by atoms with Crippen LogP contribution < -0.4 is 10.9 Å². The van der Waals surface area contributed by atoms with E-state index in [4.69, 9.17) is 0 Å². The largest absolute Gasteiger partial charge is 0.327 e. The van der Waals surface area contributed by atoms with Gasteiger partial charge in [-0.25, -0.2) is 5.43 Å². The molecular formula is C4H9N3. The maximum Gasteiger partial charge on any atom is 0.0431 e. The highest BCUT2D eigenvalue weighted by Crippen LogP contribution is 1.60. The second-order valence-corrected chi connectivity index (χ2v) is 0.893. The maximum atomic E-state index is 3.44. The van der Waals surface area contributed by atoms with Gasteiger partial charge in [-0.1, -0.05) is 0 Å². The Hall–Kier alpha value is -0.830. The third-order valence-corrected chi connectivity index (χ3v) is 0.408. The number of aliphatic imine (C=N–C) groups is 1. The molecule has 0 rings (SSSR count). The molecule has 0 radical (unpaired) electrons. The van der Waals surface area contributed by atoms with Gasteiger partial charge < -0.3 is 5.43 Å². The average molecular weight is 99.1 g/mol. The smallest absolute Gasteiger partial charge is 0.0431 e. The molecule has 3 heteroatoms. The molecule has 0 aromatic rings. The summed E-state index contributed by atoms with van der Waals surface area (Å²) in [6, 6.07) is 0. The second-order valence-electron chi connectivity index (χ2n) is 0.893. The van der Waals surface area contributed by atoms with Crippen LogP contribution in [0.4, 0.5) is 0 Å². The van der Waals surface area contributed by atoms with Crippen molar-refractivity contribution < 1.29 is 0 Å². The molecule has 0 aliphatic heterocycles. The Morgan fingerprint density at radius 2 is 2.43 bits per heavy atom. The summed E-state index contributed by atoms with van der Waals surface area (Å²) in [5.41, 5.74) is 5.36. The van der Waals surface area contributed by atoms with E-state index in [9.17, 15) is 0 Å². The normalized spacial score (nSPS) is 9.29. The molecule has 2 N–H and O–H groups in total. The van der Waals surface area contributed by atoms with E-state index in [1.54, 1.807) is 19.4 Å². The lowest BCUT2D eigenvalue weighted by atomic mass is 10.9. The molecule has 0 aliphatic rings. The molecular weight excluding hydrogens is 90.1 g/mol. The minimum absolute atomic E-state index is 1.55. The van der Waals surface area contributed by atoms with Crippen molar-refractivity contribution in [2.24, 2.45) is 4.99 Å². The fourth-order valence-electron chi connectivity index (χ4n) is 0.173. The van der Waals surface area contributed by atoms with Crippen molar-refractivity contribution in [3.05, 3.63) is 12.4 Å². The van der Waals surface area contributed by atoms with Gasteiger partial charge in [-0.2, -0.15) is 0 Å². The number of hydrogen-bond donors (Lipinski definition) is 2. The predicted molar refractivity (Wildman–Crippen MR) is 30.9 cm³/mol. The summed E-state index contributed by atoms with van der Waals surface area (Å²) in [6.07, 6.45) is 3.20. The van der Waals surface area contributed by atoms with Gasteiger partial charge in [0.05, 0.1) is 0 Å². The highest BCUT2D eigenvalue weighted by Gasteiger charge is 1.57. The molecule has 0 heterocycles. The second kappa shape index (κ2) is 5.17. The van der Waals surface area contributed by atoms with E-state index < -0.39 is 0 Å². The van der Waals surface area contributed by atoms with E-state index in [-0.39, 0.29) is 0 Å². The van der Waals surface area contributed by atoms with E-state index in [0.29, 0.717) is 0 Å². The van der Waals surface area contributed by atoms with Crippen molar-refractivity contribution in [3.63, 3.8) is 0 Å². The van der Waals surface area contributed by atoms with Gasteiger partial charge in [0, 0.05) is 19.4 Å². The van der Waals surface area contributed by atoms with E-state index >= 15 is 0 Å². The molecule has 0 fully saturated rings. The zero-order chi connectivity index (χ0) is 5.54. The molecule has 0 aromatic heterocycles. The molecule has 0 spiro atoms. The number of hydrazine groups is 1. The summed E-state index contributed by atoms with van der Waals surface area (Å²) >= 11 is 0. The SMILES string of the molecule is C=N/C=C\NNC. The molecule has 0 saturated heterocycles. The average Bonchev–Trinajstić information content (AvgIpc) is 1.69. The van der Waals surface area contributed by atoms with Crippen molar-refractivity contribution >= 4 is 6.72 Å². The van der Waals surface area contributed by atoms with Crippen molar-refractivity contribution in [2.45, 2.75) is 0 Å². The fraction of sp³-hybridized carbons (Fsp3) is 0.250. The third kappa shape index (κ3) is 5.17. The minimum Gasteiger partial charge on any atom is -0.327 e. The number of nitrogens with one attached hydrogen (secondary N) is 2. The Balaban J connectivity index is 2.92. The van der Waals surface area contributed by atoms with E-state index in [0.717, 1.165) is 0 Å². The van der Waals surface area contributed by atoms with Crippen molar-refractivity contribution in [2.75, 3.05) is 7.05 Å². The number of hydrogen-bond acceptors (Lipinski definition) is 3. The van der Waals surface area contributed by atoms with Crippen LogP contribution in [-0.4, -0.2) is 13.8 Å². The molecule has 0 bridgehead atoms. The van der Waals surface area contributed by atoms with Crippen LogP contribution in [0.15, 0.2) is 17.4 Å². The van der Waals surface area contributed by atoms with Crippen molar-refractivity contribution in [3.8, 4) is 0 Å². The Labute approximate surface area is 43.1 Å². The van der Waals surface area contributed by atoms with Gasteiger partial charge in [-0.05, 0) is 6.72 Å². The van der Waals surface area contributed by atoms with Crippen LogP contribution in [0, 0.1) is 0 Å². The van der Waals surface area contributed by atoms with Gasteiger partial charge in [0.25, 0.3) is 0 Å². The zero-order valence-electron chi connectivity index (χ0n) is 4.31.